The van der Waals surface area contributed by atoms with Crippen molar-refractivity contribution in [3.8, 4) is 6.07 Å². The molecule has 1 N–H and O–H groups in total. The molecule has 5 nitrogen and oxygen atoms in total. The first-order valence-electron chi connectivity index (χ1n) is 9.63. The summed E-state index contributed by atoms with van der Waals surface area (Å²) in [4.78, 5) is 18.9. The molecule has 0 saturated carbocycles. The van der Waals surface area contributed by atoms with Crippen LogP contribution in [0.2, 0.25) is 0 Å². The zero-order valence-corrected chi connectivity index (χ0v) is 17.6. The number of carbonyl (C=O) groups is 1. The highest BCUT2D eigenvalue weighted by Gasteiger charge is 2.15. The van der Waals surface area contributed by atoms with E-state index in [1.165, 1.54) is 0 Å². The fourth-order valence-electron chi connectivity index (χ4n) is 3.56. The molecule has 0 spiro atoms. The van der Waals surface area contributed by atoms with Crippen LogP contribution in [0, 0.1) is 11.3 Å². The fraction of sp³-hybridized carbons (Fsp3) is 0.0800. The van der Waals surface area contributed by atoms with Gasteiger partial charge in [0.2, 0.25) is 0 Å². The average molecular weight is 426 g/mol. The summed E-state index contributed by atoms with van der Waals surface area (Å²) in [6.07, 6.45) is 3.54. The molecule has 0 aliphatic rings. The third kappa shape index (κ3) is 4.09. The maximum atomic E-state index is 11.5. The molecular formula is C25H19N3O2S. The van der Waals surface area contributed by atoms with Gasteiger partial charge in [-0.2, -0.15) is 5.26 Å². The monoisotopic (exact) mass is 425 g/mol. The van der Waals surface area contributed by atoms with E-state index in [0.29, 0.717) is 16.9 Å². The van der Waals surface area contributed by atoms with Crippen molar-refractivity contribution in [3.63, 3.8) is 0 Å². The molecule has 0 saturated heterocycles. The van der Waals surface area contributed by atoms with E-state index >= 15 is 0 Å². The minimum atomic E-state index is -0.924. The molecule has 4 rings (SSSR count). The molecule has 0 aliphatic carbocycles. The van der Waals surface area contributed by atoms with Gasteiger partial charge in [-0.1, -0.05) is 42.5 Å². The molecule has 0 aliphatic heterocycles. The third-order valence-corrected chi connectivity index (χ3v) is 6.25. The zero-order valence-electron chi connectivity index (χ0n) is 16.8. The lowest BCUT2D eigenvalue weighted by atomic mass is 10.0. The number of benzene rings is 3. The lowest BCUT2D eigenvalue weighted by molar-refractivity contribution is 0.0696. The Bertz CT molecular complexity index is 1310. The molecule has 0 fully saturated rings. The van der Waals surface area contributed by atoms with Gasteiger partial charge in [-0.05, 0) is 29.8 Å². The van der Waals surface area contributed by atoms with E-state index in [1.54, 1.807) is 36.3 Å². The smallest absolute Gasteiger partial charge is 0.335 e. The molecule has 0 amide bonds. The van der Waals surface area contributed by atoms with E-state index in [9.17, 15) is 15.2 Å². The van der Waals surface area contributed by atoms with E-state index in [4.69, 9.17) is 0 Å². The Kier molecular flexibility index (Phi) is 5.87. The van der Waals surface area contributed by atoms with Crippen molar-refractivity contribution in [2.24, 2.45) is 0 Å². The van der Waals surface area contributed by atoms with E-state index in [0.717, 1.165) is 32.6 Å². The number of nitriles is 1. The second-order valence-electron chi connectivity index (χ2n) is 6.94. The Labute approximate surface area is 184 Å². The minimum Gasteiger partial charge on any atom is -0.478 e. The third-order valence-electron chi connectivity index (χ3n) is 5.14. The summed E-state index contributed by atoms with van der Waals surface area (Å²) < 4.78 is 0. The number of hydrogen-bond donors (Lipinski definition) is 1. The van der Waals surface area contributed by atoms with E-state index in [-0.39, 0.29) is 0 Å². The van der Waals surface area contributed by atoms with Crippen molar-refractivity contribution >= 4 is 39.9 Å². The van der Waals surface area contributed by atoms with Gasteiger partial charge in [-0.25, -0.2) is 4.79 Å². The molecule has 0 radical (unpaired) electrons. The molecular weight excluding hydrogens is 406 g/mol. The highest BCUT2D eigenvalue weighted by atomic mass is 32.2. The van der Waals surface area contributed by atoms with Crippen molar-refractivity contribution in [1.82, 2.24) is 4.98 Å². The molecule has 0 bridgehead atoms. The first kappa shape index (κ1) is 20.5. The summed E-state index contributed by atoms with van der Waals surface area (Å²) in [5, 5.41) is 20.8. The molecule has 0 atom stereocenters. The van der Waals surface area contributed by atoms with E-state index < -0.39 is 5.97 Å². The zero-order chi connectivity index (χ0) is 21.8. The predicted molar refractivity (Wildman–Crippen MR) is 124 cm³/mol. The Hall–Kier alpha value is -3.82. The second kappa shape index (κ2) is 8.90. The van der Waals surface area contributed by atoms with Crippen LogP contribution >= 0.6 is 11.8 Å². The molecule has 31 heavy (non-hydrogen) atoms. The summed E-state index contributed by atoms with van der Waals surface area (Å²) in [5.74, 6) is -0.395. The second-order valence-corrected chi connectivity index (χ2v) is 7.96. The number of aromatic nitrogens is 1. The van der Waals surface area contributed by atoms with Crippen molar-refractivity contribution in [2.75, 3.05) is 11.9 Å². The first-order chi connectivity index (χ1) is 15.1. The number of fused-ring (bicyclic) bond motifs is 1. The molecule has 6 heteroatoms. The maximum Gasteiger partial charge on any atom is 0.335 e. The van der Waals surface area contributed by atoms with Crippen molar-refractivity contribution in [2.45, 2.75) is 10.6 Å². The SMILES string of the molecule is CN(c1cnccc1SCc1ccccc1C(=O)O)c1ccc(C#N)c2ccccc12. The van der Waals surface area contributed by atoms with Crippen molar-refractivity contribution < 1.29 is 9.90 Å². The number of aromatic carboxylic acids is 1. The van der Waals surface area contributed by atoms with Gasteiger partial charge in [-0.3, -0.25) is 4.98 Å². The normalized spacial score (nSPS) is 10.6. The Morgan fingerprint density at radius 3 is 2.55 bits per heavy atom. The van der Waals surface area contributed by atoms with Gasteiger partial charge in [0.05, 0.1) is 29.1 Å². The van der Waals surface area contributed by atoms with E-state index in [1.807, 2.05) is 61.6 Å². The number of hydrogen-bond acceptors (Lipinski definition) is 5. The highest BCUT2D eigenvalue weighted by Crippen LogP contribution is 2.38. The highest BCUT2D eigenvalue weighted by molar-refractivity contribution is 7.98. The van der Waals surface area contributed by atoms with Crippen molar-refractivity contribution in [3.05, 3.63) is 95.8 Å². The summed E-state index contributed by atoms with van der Waals surface area (Å²) >= 11 is 1.57. The molecule has 4 aromatic rings. The van der Waals surface area contributed by atoms with Crippen LogP contribution in [0.25, 0.3) is 10.8 Å². The van der Waals surface area contributed by atoms with Gasteiger partial charge < -0.3 is 10.0 Å². The number of anilines is 2. The number of pyridine rings is 1. The standard InChI is InChI=1S/C25H19N3O2S/c1-28(22-11-10-17(14-26)19-7-4-5-9-21(19)22)23-15-27-13-12-24(23)31-16-18-6-2-3-8-20(18)25(29)30/h2-13,15H,16H2,1H3,(H,29,30). The summed E-state index contributed by atoms with van der Waals surface area (Å²) in [7, 11) is 1.97. The number of thioether (sulfide) groups is 1. The summed E-state index contributed by atoms with van der Waals surface area (Å²) in [6, 6.07) is 22.9. The van der Waals surface area contributed by atoms with Crippen LogP contribution in [0.3, 0.4) is 0 Å². The quantitative estimate of drug-likeness (QED) is 0.390. The lowest BCUT2D eigenvalue weighted by Gasteiger charge is -2.24. The van der Waals surface area contributed by atoms with Crippen LogP contribution in [0.4, 0.5) is 11.4 Å². The van der Waals surface area contributed by atoms with Gasteiger partial charge in [-0.15, -0.1) is 11.8 Å². The minimum absolute atomic E-state index is 0.317. The van der Waals surface area contributed by atoms with Crippen LogP contribution in [0.1, 0.15) is 21.5 Å². The maximum absolute atomic E-state index is 11.5. The van der Waals surface area contributed by atoms with Gasteiger partial charge in [0.1, 0.15) is 0 Å². The van der Waals surface area contributed by atoms with Crippen LogP contribution in [0.5, 0.6) is 0 Å². The number of nitrogens with zero attached hydrogens (tertiary/aromatic N) is 3. The molecule has 152 valence electrons. The molecule has 1 heterocycles. The molecule has 0 unspecified atom stereocenters. The van der Waals surface area contributed by atoms with Crippen molar-refractivity contribution in [1.29, 1.82) is 5.26 Å². The van der Waals surface area contributed by atoms with Crippen LogP contribution in [-0.4, -0.2) is 23.1 Å². The van der Waals surface area contributed by atoms with E-state index in [2.05, 4.69) is 16.0 Å². The molecule has 1 aromatic heterocycles. The number of rotatable bonds is 6. The Morgan fingerprint density at radius 1 is 1.03 bits per heavy atom. The average Bonchev–Trinajstić information content (AvgIpc) is 2.82. The van der Waals surface area contributed by atoms with Gasteiger partial charge in [0, 0.05) is 40.4 Å². The van der Waals surface area contributed by atoms with Crippen LogP contribution in [-0.2, 0) is 5.75 Å². The lowest BCUT2D eigenvalue weighted by Crippen LogP contribution is -2.11. The fourth-order valence-corrected chi connectivity index (χ4v) is 4.62. The van der Waals surface area contributed by atoms with Gasteiger partial charge in [0.25, 0.3) is 0 Å². The largest absolute Gasteiger partial charge is 0.478 e. The van der Waals surface area contributed by atoms with Crippen LogP contribution < -0.4 is 4.90 Å². The summed E-state index contributed by atoms with van der Waals surface area (Å²) in [6.45, 7) is 0. The topological polar surface area (TPSA) is 77.2 Å². The molecule has 3 aromatic carbocycles. The Balaban J connectivity index is 1.69. The van der Waals surface area contributed by atoms with Gasteiger partial charge in [0.15, 0.2) is 0 Å². The number of carboxylic acid groups (broad SMARTS) is 1. The predicted octanol–water partition coefficient (Wildman–Crippen LogP) is 5.86. The Morgan fingerprint density at radius 2 is 1.77 bits per heavy atom. The van der Waals surface area contributed by atoms with Crippen LogP contribution in [0.15, 0.2) is 84.0 Å². The first-order valence-corrected chi connectivity index (χ1v) is 10.6. The van der Waals surface area contributed by atoms with Gasteiger partial charge >= 0.3 is 5.97 Å². The summed E-state index contributed by atoms with van der Waals surface area (Å²) in [5.41, 5.74) is 3.61. The number of carboxylic acids is 1.